The lowest BCUT2D eigenvalue weighted by Crippen LogP contribution is -2.15. The molecule has 0 bridgehead atoms. The van der Waals surface area contributed by atoms with Gasteiger partial charge in [-0.05, 0) is 37.5 Å². The van der Waals surface area contributed by atoms with E-state index in [4.69, 9.17) is 16.7 Å². The maximum absolute atomic E-state index is 10.7. The normalized spacial score (nSPS) is 12.2. The molecule has 94 valence electrons. The standard InChI is InChI=1S/C13H18ClNO2/c1-8-6-10(3)12(11(14)7-8)15-5-4-9(2)13(16)17/h6-7,9,15H,4-5H2,1-3H3,(H,16,17). The van der Waals surface area contributed by atoms with E-state index in [0.29, 0.717) is 18.0 Å². The second kappa shape index (κ2) is 5.92. The predicted molar refractivity (Wildman–Crippen MR) is 70.8 cm³/mol. The minimum Gasteiger partial charge on any atom is -0.481 e. The largest absolute Gasteiger partial charge is 0.481 e. The maximum Gasteiger partial charge on any atom is 0.306 e. The zero-order valence-electron chi connectivity index (χ0n) is 10.4. The smallest absolute Gasteiger partial charge is 0.306 e. The number of anilines is 1. The van der Waals surface area contributed by atoms with E-state index in [1.807, 2.05) is 19.9 Å². The van der Waals surface area contributed by atoms with E-state index in [1.54, 1.807) is 6.92 Å². The number of benzene rings is 1. The van der Waals surface area contributed by atoms with Crippen LogP contribution in [-0.2, 0) is 4.79 Å². The number of rotatable bonds is 5. The van der Waals surface area contributed by atoms with Gasteiger partial charge in [0.05, 0.1) is 16.6 Å². The number of carbonyl (C=O) groups is 1. The van der Waals surface area contributed by atoms with Gasteiger partial charge < -0.3 is 10.4 Å². The van der Waals surface area contributed by atoms with Gasteiger partial charge in [0.15, 0.2) is 0 Å². The molecule has 3 nitrogen and oxygen atoms in total. The lowest BCUT2D eigenvalue weighted by Gasteiger charge is -2.13. The second-order valence-electron chi connectivity index (χ2n) is 4.39. The number of nitrogens with one attached hydrogen (secondary N) is 1. The van der Waals surface area contributed by atoms with Crippen LogP contribution in [0.5, 0.6) is 0 Å². The van der Waals surface area contributed by atoms with Gasteiger partial charge in [0.2, 0.25) is 0 Å². The molecule has 0 aromatic heterocycles. The Morgan fingerprint density at radius 3 is 2.65 bits per heavy atom. The number of hydrogen-bond donors (Lipinski definition) is 2. The molecule has 0 saturated heterocycles. The molecule has 1 aromatic carbocycles. The number of carboxylic acid groups (broad SMARTS) is 1. The van der Waals surface area contributed by atoms with Gasteiger partial charge in [-0.3, -0.25) is 4.79 Å². The third-order valence-electron chi connectivity index (χ3n) is 2.73. The molecule has 0 heterocycles. The molecule has 1 aromatic rings. The van der Waals surface area contributed by atoms with Crippen LogP contribution in [0.2, 0.25) is 5.02 Å². The molecule has 1 atom stereocenters. The summed E-state index contributed by atoms with van der Waals surface area (Å²) in [4.78, 5) is 10.7. The summed E-state index contributed by atoms with van der Waals surface area (Å²) in [6.45, 7) is 6.29. The van der Waals surface area contributed by atoms with E-state index in [9.17, 15) is 4.79 Å². The molecular formula is C13H18ClNO2. The van der Waals surface area contributed by atoms with Crippen molar-refractivity contribution in [2.75, 3.05) is 11.9 Å². The van der Waals surface area contributed by atoms with Crippen LogP contribution in [0.1, 0.15) is 24.5 Å². The van der Waals surface area contributed by atoms with Crippen molar-refractivity contribution in [1.29, 1.82) is 0 Å². The molecule has 1 unspecified atom stereocenters. The quantitative estimate of drug-likeness (QED) is 0.847. The predicted octanol–water partition coefficient (Wildman–Crippen LogP) is 3.48. The lowest BCUT2D eigenvalue weighted by atomic mass is 10.1. The van der Waals surface area contributed by atoms with E-state index < -0.39 is 5.97 Å². The van der Waals surface area contributed by atoms with Crippen molar-refractivity contribution in [1.82, 2.24) is 0 Å². The van der Waals surface area contributed by atoms with E-state index in [2.05, 4.69) is 11.4 Å². The number of aliphatic carboxylic acids is 1. The fourth-order valence-corrected chi connectivity index (χ4v) is 2.06. The molecule has 0 aliphatic carbocycles. The van der Waals surface area contributed by atoms with Crippen LogP contribution in [0.4, 0.5) is 5.69 Å². The van der Waals surface area contributed by atoms with Crippen molar-refractivity contribution in [2.45, 2.75) is 27.2 Å². The molecule has 0 radical (unpaired) electrons. The zero-order valence-corrected chi connectivity index (χ0v) is 11.1. The SMILES string of the molecule is Cc1cc(C)c(NCCC(C)C(=O)O)c(Cl)c1. The van der Waals surface area contributed by atoms with Crippen molar-refractivity contribution in [3.63, 3.8) is 0 Å². The highest BCUT2D eigenvalue weighted by Crippen LogP contribution is 2.27. The second-order valence-corrected chi connectivity index (χ2v) is 4.80. The van der Waals surface area contributed by atoms with Gasteiger partial charge in [-0.2, -0.15) is 0 Å². The van der Waals surface area contributed by atoms with Crippen molar-refractivity contribution in [3.05, 3.63) is 28.3 Å². The van der Waals surface area contributed by atoms with Crippen molar-refractivity contribution in [2.24, 2.45) is 5.92 Å². The number of hydrogen-bond acceptors (Lipinski definition) is 2. The summed E-state index contributed by atoms with van der Waals surface area (Å²) in [5.74, 6) is -1.11. The first-order chi connectivity index (χ1) is 7.91. The Hall–Kier alpha value is -1.22. The van der Waals surface area contributed by atoms with Crippen molar-refractivity contribution >= 4 is 23.3 Å². The summed E-state index contributed by atoms with van der Waals surface area (Å²) in [6.07, 6.45) is 0.582. The maximum atomic E-state index is 10.7. The summed E-state index contributed by atoms with van der Waals surface area (Å²) in [5, 5.41) is 12.7. The molecule has 0 spiro atoms. The van der Waals surface area contributed by atoms with Crippen molar-refractivity contribution in [3.8, 4) is 0 Å². The molecular weight excluding hydrogens is 238 g/mol. The minimum absolute atomic E-state index is 0.341. The third kappa shape index (κ3) is 3.93. The summed E-state index contributed by atoms with van der Waals surface area (Å²) < 4.78 is 0. The van der Waals surface area contributed by atoms with Crippen LogP contribution in [0.15, 0.2) is 12.1 Å². The van der Waals surface area contributed by atoms with Crippen LogP contribution < -0.4 is 5.32 Å². The monoisotopic (exact) mass is 255 g/mol. The molecule has 0 aliphatic rings. The Bertz CT molecular complexity index is 395. The van der Waals surface area contributed by atoms with Crippen LogP contribution in [-0.4, -0.2) is 17.6 Å². The average Bonchev–Trinajstić information content (AvgIpc) is 2.21. The molecule has 17 heavy (non-hydrogen) atoms. The zero-order chi connectivity index (χ0) is 13.0. The Kier molecular flexibility index (Phi) is 4.82. The van der Waals surface area contributed by atoms with Gasteiger partial charge in [0, 0.05) is 6.54 Å². The highest BCUT2D eigenvalue weighted by molar-refractivity contribution is 6.33. The van der Waals surface area contributed by atoms with E-state index in [0.717, 1.165) is 16.8 Å². The Balaban J connectivity index is 2.61. The van der Waals surface area contributed by atoms with Crippen molar-refractivity contribution < 1.29 is 9.90 Å². The topological polar surface area (TPSA) is 49.3 Å². The average molecular weight is 256 g/mol. The minimum atomic E-state index is -0.765. The van der Waals surface area contributed by atoms with Crippen LogP contribution in [0.3, 0.4) is 0 Å². The first-order valence-electron chi connectivity index (χ1n) is 5.65. The highest BCUT2D eigenvalue weighted by Gasteiger charge is 2.11. The Morgan fingerprint density at radius 2 is 2.12 bits per heavy atom. The summed E-state index contributed by atoms with van der Waals surface area (Å²) in [5.41, 5.74) is 3.10. The number of aryl methyl sites for hydroxylation is 2. The van der Waals surface area contributed by atoms with Crippen LogP contribution in [0.25, 0.3) is 0 Å². The first-order valence-corrected chi connectivity index (χ1v) is 6.03. The van der Waals surface area contributed by atoms with Gasteiger partial charge in [-0.1, -0.05) is 24.6 Å². The lowest BCUT2D eigenvalue weighted by molar-refractivity contribution is -0.141. The van der Waals surface area contributed by atoms with Gasteiger partial charge in [-0.15, -0.1) is 0 Å². The van der Waals surface area contributed by atoms with E-state index in [-0.39, 0.29) is 5.92 Å². The third-order valence-corrected chi connectivity index (χ3v) is 3.03. The highest BCUT2D eigenvalue weighted by atomic mass is 35.5. The fourth-order valence-electron chi connectivity index (χ4n) is 1.68. The first kappa shape index (κ1) is 13.8. The molecule has 4 heteroatoms. The molecule has 1 rings (SSSR count). The molecule has 2 N–H and O–H groups in total. The van der Waals surface area contributed by atoms with Gasteiger partial charge >= 0.3 is 5.97 Å². The molecule has 0 amide bonds. The van der Waals surface area contributed by atoms with E-state index in [1.165, 1.54) is 0 Å². The summed E-state index contributed by atoms with van der Waals surface area (Å²) >= 11 is 6.13. The van der Waals surface area contributed by atoms with Gasteiger partial charge in [0.25, 0.3) is 0 Å². The van der Waals surface area contributed by atoms with Crippen LogP contribution in [0, 0.1) is 19.8 Å². The number of carboxylic acids is 1. The van der Waals surface area contributed by atoms with Gasteiger partial charge in [0.1, 0.15) is 0 Å². The molecule has 0 fully saturated rings. The molecule has 0 aliphatic heterocycles. The Labute approximate surface area is 107 Å². The summed E-state index contributed by atoms with van der Waals surface area (Å²) in [6, 6.07) is 3.95. The number of halogens is 1. The van der Waals surface area contributed by atoms with Crippen LogP contribution >= 0.6 is 11.6 Å². The molecule has 0 saturated carbocycles. The van der Waals surface area contributed by atoms with E-state index >= 15 is 0 Å². The summed E-state index contributed by atoms with van der Waals surface area (Å²) in [7, 11) is 0. The fraction of sp³-hybridized carbons (Fsp3) is 0.462. The Morgan fingerprint density at radius 1 is 1.47 bits per heavy atom. The van der Waals surface area contributed by atoms with Gasteiger partial charge in [-0.25, -0.2) is 0 Å².